The van der Waals surface area contributed by atoms with Crippen LogP contribution in [0.5, 0.6) is 5.75 Å². The minimum atomic E-state index is -0.786. The third-order valence-electron chi connectivity index (χ3n) is 4.97. The van der Waals surface area contributed by atoms with Crippen molar-refractivity contribution in [3.63, 3.8) is 0 Å². The summed E-state index contributed by atoms with van der Waals surface area (Å²) in [7, 11) is 0. The molecule has 0 aliphatic heterocycles. The van der Waals surface area contributed by atoms with Crippen LogP contribution in [-0.4, -0.2) is 51.0 Å². The second-order valence-corrected chi connectivity index (χ2v) is 7.32. The molecule has 0 bridgehead atoms. The summed E-state index contributed by atoms with van der Waals surface area (Å²) in [6.45, 7) is 4.33. The summed E-state index contributed by atoms with van der Waals surface area (Å²) in [6.07, 6.45) is -0.134. The second kappa shape index (κ2) is 10.2. The summed E-state index contributed by atoms with van der Waals surface area (Å²) in [5.74, 6) is -0.349. The second-order valence-electron chi connectivity index (χ2n) is 7.32. The molecule has 9 heteroatoms. The number of aromatic nitrogens is 4. The van der Waals surface area contributed by atoms with E-state index in [0.29, 0.717) is 18.5 Å². The first kappa shape index (κ1) is 21.8. The molecule has 3 aromatic rings. The number of aliphatic hydroxyl groups is 1. The number of benzene rings is 2. The van der Waals surface area contributed by atoms with Gasteiger partial charge in [-0.15, -0.1) is 10.2 Å². The van der Waals surface area contributed by atoms with E-state index in [1.165, 1.54) is 18.2 Å². The number of rotatable bonds is 10. The van der Waals surface area contributed by atoms with Gasteiger partial charge in [-0.1, -0.05) is 25.1 Å². The molecule has 3 rings (SSSR count). The van der Waals surface area contributed by atoms with E-state index in [0.717, 1.165) is 5.56 Å². The first-order valence-electron chi connectivity index (χ1n) is 9.75. The third-order valence-corrected chi connectivity index (χ3v) is 4.97. The van der Waals surface area contributed by atoms with Crippen LogP contribution in [0.3, 0.4) is 0 Å². The molecule has 0 amide bonds. The summed E-state index contributed by atoms with van der Waals surface area (Å²) in [5, 5.41) is 26.7. The molecule has 0 saturated heterocycles. The van der Waals surface area contributed by atoms with Gasteiger partial charge in [0, 0.05) is 12.6 Å². The highest BCUT2D eigenvalue weighted by Gasteiger charge is 2.17. The monoisotopic (exact) mass is 417 g/mol. The van der Waals surface area contributed by atoms with Crippen LogP contribution in [0.4, 0.5) is 8.78 Å². The Balaban J connectivity index is 1.45. The van der Waals surface area contributed by atoms with E-state index in [2.05, 4.69) is 25.9 Å². The molecule has 1 aromatic heterocycles. The van der Waals surface area contributed by atoms with Gasteiger partial charge in [-0.25, -0.2) is 8.78 Å². The zero-order chi connectivity index (χ0) is 21.5. The Morgan fingerprint density at radius 2 is 1.93 bits per heavy atom. The number of para-hydroxylation sites is 1. The summed E-state index contributed by atoms with van der Waals surface area (Å²) in [6, 6.07) is 11.1. The largest absolute Gasteiger partial charge is 0.488 e. The zero-order valence-corrected chi connectivity index (χ0v) is 16.8. The number of hydrogen-bond acceptors (Lipinski definition) is 6. The van der Waals surface area contributed by atoms with Crippen molar-refractivity contribution < 1.29 is 18.6 Å². The van der Waals surface area contributed by atoms with Gasteiger partial charge in [0.25, 0.3) is 0 Å². The van der Waals surface area contributed by atoms with Crippen LogP contribution >= 0.6 is 0 Å². The van der Waals surface area contributed by atoms with Crippen LogP contribution in [-0.2, 0) is 6.42 Å². The normalized spacial score (nSPS) is 14.3. The van der Waals surface area contributed by atoms with Crippen molar-refractivity contribution >= 4 is 0 Å². The predicted octanol–water partition coefficient (Wildman–Crippen LogP) is 2.74. The van der Waals surface area contributed by atoms with Crippen molar-refractivity contribution in [1.82, 2.24) is 25.9 Å². The Hall–Kier alpha value is -2.91. The molecular weight excluding hydrogens is 392 g/mol. The van der Waals surface area contributed by atoms with Gasteiger partial charge in [-0.3, -0.25) is 0 Å². The maximum absolute atomic E-state index is 14.4. The van der Waals surface area contributed by atoms with Crippen molar-refractivity contribution in [2.24, 2.45) is 5.92 Å². The van der Waals surface area contributed by atoms with E-state index < -0.39 is 17.7 Å². The average molecular weight is 417 g/mol. The van der Waals surface area contributed by atoms with Gasteiger partial charge in [-0.2, -0.15) is 5.21 Å². The quantitative estimate of drug-likeness (QED) is 0.470. The summed E-state index contributed by atoms with van der Waals surface area (Å²) >= 11 is 0. The molecule has 7 nitrogen and oxygen atoms in total. The highest BCUT2D eigenvalue weighted by atomic mass is 19.1. The van der Waals surface area contributed by atoms with Crippen LogP contribution < -0.4 is 10.1 Å². The number of halogens is 2. The fraction of sp³-hybridized carbons (Fsp3) is 0.381. The first-order chi connectivity index (χ1) is 14.4. The standard InChI is InChI=1S/C21H25F2N5O2/c1-13(9-15-7-8-17(19(23)10-15)21-25-27-28-26-21)14(2)24-11-16(29)12-30-20-6-4-3-5-18(20)22/h3-8,10,13-14,16,24,29H,9,11-12H2,1-2H3,(H,25,26,27,28). The van der Waals surface area contributed by atoms with Crippen LogP contribution in [0.2, 0.25) is 0 Å². The topological polar surface area (TPSA) is 96.0 Å². The Kier molecular flexibility index (Phi) is 7.42. The van der Waals surface area contributed by atoms with Crippen LogP contribution in [0.25, 0.3) is 11.4 Å². The number of aromatic amines is 1. The minimum Gasteiger partial charge on any atom is -0.488 e. The number of hydrogen-bond donors (Lipinski definition) is 3. The maximum atomic E-state index is 14.4. The highest BCUT2D eigenvalue weighted by Crippen LogP contribution is 2.21. The van der Waals surface area contributed by atoms with Crippen molar-refractivity contribution in [1.29, 1.82) is 0 Å². The minimum absolute atomic E-state index is 0.0161. The van der Waals surface area contributed by atoms with E-state index in [-0.39, 0.29) is 30.1 Å². The van der Waals surface area contributed by atoms with Crippen LogP contribution in [0.15, 0.2) is 42.5 Å². The molecule has 3 atom stereocenters. The Bertz CT molecular complexity index is 939. The smallest absolute Gasteiger partial charge is 0.207 e. The van der Waals surface area contributed by atoms with Crippen molar-refractivity contribution in [3.8, 4) is 17.1 Å². The van der Waals surface area contributed by atoms with Gasteiger partial charge in [0.15, 0.2) is 11.6 Å². The third kappa shape index (κ3) is 5.80. The lowest BCUT2D eigenvalue weighted by atomic mass is 9.94. The van der Waals surface area contributed by atoms with E-state index in [4.69, 9.17) is 4.74 Å². The first-order valence-corrected chi connectivity index (χ1v) is 9.75. The number of aliphatic hydroxyl groups excluding tert-OH is 1. The van der Waals surface area contributed by atoms with Crippen molar-refractivity contribution in [2.45, 2.75) is 32.4 Å². The van der Waals surface area contributed by atoms with E-state index >= 15 is 0 Å². The number of tetrazole rings is 1. The van der Waals surface area contributed by atoms with Crippen LogP contribution in [0, 0.1) is 17.6 Å². The Labute approximate surface area is 173 Å². The van der Waals surface area contributed by atoms with E-state index in [1.54, 1.807) is 18.2 Å². The van der Waals surface area contributed by atoms with Gasteiger partial charge in [0.05, 0.1) is 5.56 Å². The lowest BCUT2D eigenvalue weighted by Gasteiger charge is -2.23. The molecule has 0 fully saturated rings. The molecule has 2 aromatic carbocycles. The average Bonchev–Trinajstić information content (AvgIpc) is 3.26. The fourth-order valence-electron chi connectivity index (χ4n) is 3.02. The molecule has 3 N–H and O–H groups in total. The zero-order valence-electron chi connectivity index (χ0n) is 16.8. The summed E-state index contributed by atoms with van der Waals surface area (Å²) in [5.41, 5.74) is 1.15. The van der Waals surface area contributed by atoms with Gasteiger partial charge in [0.1, 0.15) is 18.5 Å². The van der Waals surface area contributed by atoms with Crippen molar-refractivity contribution in [2.75, 3.05) is 13.2 Å². The molecule has 160 valence electrons. The van der Waals surface area contributed by atoms with Gasteiger partial charge >= 0.3 is 0 Å². The molecule has 3 unspecified atom stereocenters. The molecule has 30 heavy (non-hydrogen) atoms. The number of H-pyrrole nitrogens is 1. The Morgan fingerprint density at radius 3 is 2.63 bits per heavy atom. The lowest BCUT2D eigenvalue weighted by Crippen LogP contribution is -2.40. The van der Waals surface area contributed by atoms with Gasteiger partial charge in [0.2, 0.25) is 5.82 Å². The summed E-state index contributed by atoms with van der Waals surface area (Å²) < 4.78 is 33.2. The molecule has 0 saturated carbocycles. The molecule has 0 aliphatic rings. The number of nitrogens with zero attached hydrogens (tertiary/aromatic N) is 3. The highest BCUT2D eigenvalue weighted by molar-refractivity contribution is 5.55. The molecule has 0 radical (unpaired) electrons. The molecular formula is C21H25F2N5O2. The molecule has 1 heterocycles. The Morgan fingerprint density at radius 1 is 1.13 bits per heavy atom. The van der Waals surface area contributed by atoms with Crippen molar-refractivity contribution in [3.05, 3.63) is 59.7 Å². The maximum Gasteiger partial charge on any atom is 0.207 e. The number of nitrogens with one attached hydrogen (secondary N) is 2. The molecule has 0 aliphatic carbocycles. The summed E-state index contributed by atoms with van der Waals surface area (Å²) in [4.78, 5) is 0. The van der Waals surface area contributed by atoms with E-state index in [1.807, 2.05) is 19.9 Å². The number of ether oxygens (including phenoxy) is 1. The fourth-order valence-corrected chi connectivity index (χ4v) is 3.02. The lowest BCUT2D eigenvalue weighted by molar-refractivity contribution is 0.0998. The van der Waals surface area contributed by atoms with Crippen LogP contribution in [0.1, 0.15) is 19.4 Å². The van der Waals surface area contributed by atoms with Gasteiger partial charge < -0.3 is 15.2 Å². The predicted molar refractivity (Wildman–Crippen MR) is 108 cm³/mol. The van der Waals surface area contributed by atoms with E-state index in [9.17, 15) is 13.9 Å². The molecule has 0 spiro atoms. The van der Waals surface area contributed by atoms with Gasteiger partial charge in [-0.05, 0) is 54.3 Å². The SMILES string of the molecule is CC(Cc1ccc(-c2nn[nH]n2)c(F)c1)C(C)NCC(O)COc1ccccc1F.